The Kier molecular flexibility index (Phi) is 6.15. The number of carbonyl (C=O) groups excluding carboxylic acids is 1. The van der Waals surface area contributed by atoms with Gasteiger partial charge in [0.2, 0.25) is 0 Å². The Bertz CT molecular complexity index is 1330. The number of ketones is 1. The van der Waals surface area contributed by atoms with Gasteiger partial charge < -0.3 is 14.0 Å². The van der Waals surface area contributed by atoms with E-state index < -0.39 is 0 Å². The van der Waals surface area contributed by atoms with E-state index >= 15 is 0 Å². The molecule has 4 aromatic rings. The molecular weight excluding hydrogens is 448 g/mol. The Morgan fingerprint density at radius 1 is 1.03 bits per heavy atom. The number of hydrogen-bond acceptors (Lipinski definition) is 6. The Hall–Kier alpha value is -3.52. The van der Waals surface area contributed by atoms with Gasteiger partial charge >= 0.3 is 0 Å². The maximum Gasteiger partial charge on any atom is 0.196 e. The summed E-state index contributed by atoms with van der Waals surface area (Å²) in [6.07, 6.45) is -0.121. The van der Waals surface area contributed by atoms with Crippen LogP contribution < -0.4 is 9.47 Å². The van der Waals surface area contributed by atoms with E-state index in [0.29, 0.717) is 18.3 Å². The molecule has 174 valence electrons. The standard InChI is InChI=1S/C26H26N4O3S/c1-17-13-22(18(2)29(17)14-21-15-32-24-11-7-8-12-25(24)33-21)23(31)16-34-26-28-27-19(3)30(26)20-9-5-4-6-10-20/h4-13,21H,14-16H2,1-3H3/t21-/m1/s1. The first-order valence-electron chi connectivity index (χ1n) is 11.2. The third-order valence-electron chi connectivity index (χ3n) is 5.97. The van der Waals surface area contributed by atoms with Gasteiger partial charge in [-0.2, -0.15) is 0 Å². The van der Waals surface area contributed by atoms with E-state index in [4.69, 9.17) is 9.47 Å². The zero-order chi connectivity index (χ0) is 23.7. The number of fused-ring (bicyclic) bond motifs is 1. The molecule has 2 aromatic heterocycles. The van der Waals surface area contributed by atoms with Crippen molar-refractivity contribution in [2.75, 3.05) is 12.4 Å². The average Bonchev–Trinajstić information content (AvgIpc) is 3.37. The third kappa shape index (κ3) is 4.33. The first kappa shape index (κ1) is 22.3. The number of aromatic nitrogens is 4. The van der Waals surface area contributed by atoms with Crippen LogP contribution in [0.5, 0.6) is 11.5 Å². The van der Waals surface area contributed by atoms with Crippen LogP contribution in [0.1, 0.15) is 27.6 Å². The van der Waals surface area contributed by atoms with Gasteiger partial charge in [-0.1, -0.05) is 42.1 Å². The lowest BCUT2D eigenvalue weighted by molar-refractivity contribution is 0.0777. The SMILES string of the molecule is Cc1cc(C(=O)CSc2nnc(C)n2-c2ccccc2)c(C)n1C[C@@H]1COc2ccccc2O1. The van der Waals surface area contributed by atoms with Crippen LogP contribution in [0.3, 0.4) is 0 Å². The minimum Gasteiger partial charge on any atom is -0.486 e. The van der Waals surface area contributed by atoms with Crippen LogP contribution in [0, 0.1) is 20.8 Å². The summed E-state index contributed by atoms with van der Waals surface area (Å²) in [7, 11) is 0. The summed E-state index contributed by atoms with van der Waals surface area (Å²) in [6, 6.07) is 19.6. The molecule has 1 aliphatic rings. The monoisotopic (exact) mass is 474 g/mol. The van der Waals surface area contributed by atoms with Gasteiger partial charge in [-0.3, -0.25) is 9.36 Å². The lowest BCUT2D eigenvalue weighted by Gasteiger charge is -2.27. The summed E-state index contributed by atoms with van der Waals surface area (Å²) in [5.74, 6) is 2.66. The molecule has 0 N–H and O–H groups in total. The Balaban J connectivity index is 1.29. The number of hydrogen-bond donors (Lipinski definition) is 0. The summed E-state index contributed by atoms with van der Waals surface area (Å²) < 4.78 is 16.1. The number of carbonyl (C=O) groups is 1. The van der Waals surface area contributed by atoms with Crippen molar-refractivity contribution < 1.29 is 14.3 Å². The highest BCUT2D eigenvalue weighted by molar-refractivity contribution is 7.99. The third-order valence-corrected chi connectivity index (χ3v) is 6.90. The minimum atomic E-state index is -0.121. The van der Waals surface area contributed by atoms with E-state index in [2.05, 4.69) is 14.8 Å². The normalized spacial score (nSPS) is 14.9. The van der Waals surface area contributed by atoms with Crippen LogP contribution in [-0.2, 0) is 6.54 Å². The molecule has 1 atom stereocenters. The van der Waals surface area contributed by atoms with Gasteiger partial charge in [-0.15, -0.1) is 10.2 Å². The van der Waals surface area contributed by atoms with Crippen molar-refractivity contribution >= 4 is 17.5 Å². The second-order valence-electron chi connectivity index (χ2n) is 8.31. The summed E-state index contributed by atoms with van der Waals surface area (Å²) >= 11 is 1.40. The predicted octanol–water partition coefficient (Wildman–Crippen LogP) is 4.81. The highest BCUT2D eigenvalue weighted by Gasteiger charge is 2.24. The van der Waals surface area contributed by atoms with Crippen molar-refractivity contribution in [3.8, 4) is 17.2 Å². The van der Waals surface area contributed by atoms with Crippen LogP contribution in [-0.4, -0.2) is 43.6 Å². The van der Waals surface area contributed by atoms with Crippen LogP contribution in [0.4, 0.5) is 0 Å². The zero-order valence-corrected chi connectivity index (χ0v) is 20.2. The molecule has 0 radical (unpaired) electrons. The number of ether oxygens (including phenoxy) is 2. The number of rotatable bonds is 7. The number of aryl methyl sites for hydroxylation is 2. The molecule has 5 rings (SSSR count). The molecule has 8 heteroatoms. The Labute approximate surface area is 202 Å². The zero-order valence-electron chi connectivity index (χ0n) is 19.4. The summed E-state index contributed by atoms with van der Waals surface area (Å²) in [6.45, 7) is 7.01. The lowest BCUT2D eigenvalue weighted by atomic mass is 10.2. The summed E-state index contributed by atoms with van der Waals surface area (Å²) in [5, 5.41) is 9.20. The molecule has 0 spiro atoms. The smallest absolute Gasteiger partial charge is 0.196 e. The fraction of sp³-hybridized carbons (Fsp3) is 0.269. The van der Waals surface area contributed by atoms with Crippen LogP contribution in [0.25, 0.3) is 5.69 Å². The van der Waals surface area contributed by atoms with Crippen molar-refractivity contribution in [1.29, 1.82) is 0 Å². The summed E-state index contributed by atoms with van der Waals surface area (Å²) in [5.41, 5.74) is 3.67. The molecular formula is C26H26N4O3S. The fourth-order valence-electron chi connectivity index (χ4n) is 4.24. The summed E-state index contributed by atoms with van der Waals surface area (Å²) in [4.78, 5) is 13.2. The van der Waals surface area contributed by atoms with Gasteiger partial charge in [0, 0.05) is 22.6 Å². The first-order chi connectivity index (χ1) is 16.5. The van der Waals surface area contributed by atoms with Gasteiger partial charge in [0.1, 0.15) is 12.4 Å². The van der Waals surface area contributed by atoms with Crippen molar-refractivity contribution in [3.63, 3.8) is 0 Å². The quantitative estimate of drug-likeness (QED) is 0.283. The van der Waals surface area contributed by atoms with Gasteiger partial charge in [-0.25, -0.2) is 0 Å². The predicted molar refractivity (Wildman–Crippen MR) is 131 cm³/mol. The second kappa shape index (κ2) is 9.38. The highest BCUT2D eigenvalue weighted by atomic mass is 32.2. The van der Waals surface area contributed by atoms with Crippen LogP contribution in [0.15, 0.2) is 65.8 Å². The number of nitrogens with zero attached hydrogens (tertiary/aromatic N) is 4. The Morgan fingerprint density at radius 2 is 1.76 bits per heavy atom. The molecule has 0 aliphatic carbocycles. The van der Waals surface area contributed by atoms with Crippen molar-refractivity contribution in [3.05, 3.63) is 83.4 Å². The molecule has 1 aliphatic heterocycles. The molecule has 7 nitrogen and oxygen atoms in total. The van der Waals surface area contributed by atoms with Gasteiger partial charge in [0.15, 0.2) is 28.5 Å². The number of thioether (sulfide) groups is 1. The maximum absolute atomic E-state index is 13.2. The van der Waals surface area contributed by atoms with Crippen LogP contribution in [0.2, 0.25) is 0 Å². The molecule has 0 amide bonds. The van der Waals surface area contributed by atoms with E-state index in [9.17, 15) is 4.79 Å². The van der Waals surface area contributed by atoms with E-state index in [-0.39, 0.29) is 17.6 Å². The van der Waals surface area contributed by atoms with Gasteiger partial charge in [-0.05, 0) is 51.1 Å². The van der Waals surface area contributed by atoms with E-state index in [1.807, 2.05) is 86.0 Å². The minimum absolute atomic E-state index is 0.0655. The number of Topliss-reactive ketones (excluding diaryl/α,β-unsaturated/α-hetero) is 1. The number of benzene rings is 2. The van der Waals surface area contributed by atoms with Gasteiger partial charge in [0.05, 0.1) is 12.3 Å². The second-order valence-corrected chi connectivity index (χ2v) is 9.25. The first-order valence-corrected chi connectivity index (χ1v) is 12.2. The topological polar surface area (TPSA) is 71.2 Å². The van der Waals surface area contributed by atoms with Crippen molar-refractivity contribution in [2.24, 2.45) is 0 Å². The average molecular weight is 475 g/mol. The molecule has 3 heterocycles. The number of para-hydroxylation sites is 3. The fourth-order valence-corrected chi connectivity index (χ4v) is 5.12. The molecule has 0 bridgehead atoms. The molecule has 34 heavy (non-hydrogen) atoms. The molecule has 0 saturated heterocycles. The largest absolute Gasteiger partial charge is 0.486 e. The van der Waals surface area contributed by atoms with E-state index in [1.54, 1.807) is 0 Å². The molecule has 2 aromatic carbocycles. The van der Waals surface area contributed by atoms with Crippen molar-refractivity contribution in [2.45, 2.75) is 38.6 Å². The van der Waals surface area contributed by atoms with Crippen molar-refractivity contribution in [1.82, 2.24) is 19.3 Å². The van der Waals surface area contributed by atoms with E-state index in [0.717, 1.165) is 40.0 Å². The molecule has 0 unspecified atom stereocenters. The van der Waals surface area contributed by atoms with E-state index in [1.165, 1.54) is 11.8 Å². The Morgan fingerprint density at radius 3 is 2.56 bits per heavy atom. The molecule has 0 saturated carbocycles. The van der Waals surface area contributed by atoms with Gasteiger partial charge in [0.25, 0.3) is 0 Å². The maximum atomic E-state index is 13.2. The van der Waals surface area contributed by atoms with Crippen LogP contribution >= 0.6 is 11.8 Å². The lowest BCUT2D eigenvalue weighted by Crippen LogP contribution is -2.33. The molecule has 0 fully saturated rings. The highest BCUT2D eigenvalue weighted by Crippen LogP contribution is 2.32.